The van der Waals surface area contributed by atoms with Crippen LogP contribution < -0.4 is 31.1 Å². The highest BCUT2D eigenvalue weighted by molar-refractivity contribution is 7.00. The monoisotopic (exact) mass is 1020 g/mol. The lowest BCUT2D eigenvalue weighted by Gasteiger charge is -2.47. The number of benzene rings is 9. The molecule has 2 atom stereocenters. The second kappa shape index (κ2) is 17.7. The summed E-state index contributed by atoms with van der Waals surface area (Å²) < 4.78 is 15.8. The molecule has 4 aliphatic rings. The van der Waals surface area contributed by atoms with Gasteiger partial charge in [-0.25, -0.2) is 4.39 Å². The van der Waals surface area contributed by atoms with Gasteiger partial charge in [0, 0.05) is 50.7 Å². The predicted octanol–water partition coefficient (Wildman–Crippen LogP) is 18.2. The highest BCUT2D eigenvalue weighted by Gasteiger charge is 2.60. The van der Waals surface area contributed by atoms with Crippen molar-refractivity contribution in [1.29, 1.82) is 0 Å². The van der Waals surface area contributed by atoms with Crippen molar-refractivity contribution in [2.45, 2.75) is 123 Å². The number of hydrogen-bond acceptors (Lipinski definition) is 3. The molecule has 2 unspecified atom stereocenters. The molecular formula is C73H71BFN3. The molecule has 0 spiro atoms. The smallest absolute Gasteiger partial charge is 0.252 e. The van der Waals surface area contributed by atoms with Crippen LogP contribution >= 0.6 is 0 Å². The van der Waals surface area contributed by atoms with Gasteiger partial charge in [0.2, 0.25) is 0 Å². The summed E-state index contributed by atoms with van der Waals surface area (Å²) in [5, 5.41) is 0. The summed E-state index contributed by atoms with van der Waals surface area (Å²) in [7, 11) is 0. The van der Waals surface area contributed by atoms with E-state index in [1.165, 1.54) is 77.8 Å². The van der Waals surface area contributed by atoms with E-state index in [4.69, 9.17) is 0 Å². The van der Waals surface area contributed by atoms with E-state index in [-0.39, 0.29) is 39.7 Å². The van der Waals surface area contributed by atoms with E-state index in [1.54, 1.807) is 6.07 Å². The van der Waals surface area contributed by atoms with Gasteiger partial charge in [-0.1, -0.05) is 203 Å². The molecule has 9 aromatic carbocycles. The van der Waals surface area contributed by atoms with E-state index in [2.05, 4.69) is 273 Å². The molecule has 0 radical (unpaired) electrons. The van der Waals surface area contributed by atoms with Crippen molar-refractivity contribution in [3.8, 4) is 33.4 Å². The SMILES string of the molecule is CC(C)(C)c1ccc2c(c1)B1c3ccc(-c4ccccc4)cc3N(c3ccc(C(C)(C)C)cc3-c3ccccc3)c3cc(N4c5ccc(F)cc5C5(C)CCCC45C)cc(c31)N2c1ccc(C(C)(C)C)cc1-c1ccccc1. The van der Waals surface area contributed by atoms with Gasteiger partial charge in [-0.05, 0) is 164 Å². The summed E-state index contributed by atoms with van der Waals surface area (Å²) in [5.41, 5.74) is 24.1. The molecule has 388 valence electrons. The van der Waals surface area contributed by atoms with Crippen molar-refractivity contribution in [2.75, 3.05) is 14.7 Å². The summed E-state index contributed by atoms with van der Waals surface area (Å²) in [5.74, 6) is -0.178. The van der Waals surface area contributed by atoms with Crippen molar-refractivity contribution < 1.29 is 4.39 Å². The molecule has 0 N–H and O–H groups in total. The normalized spacial score (nSPS) is 18.4. The van der Waals surface area contributed by atoms with Crippen LogP contribution in [0.15, 0.2) is 194 Å². The highest BCUT2D eigenvalue weighted by atomic mass is 19.1. The predicted molar refractivity (Wildman–Crippen MR) is 331 cm³/mol. The van der Waals surface area contributed by atoms with E-state index < -0.39 is 0 Å². The Balaban J connectivity index is 1.21. The first-order chi connectivity index (χ1) is 37.2. The van der Waals surface area contributed by atoms with Crippen molar-refractivity contribution >= 4 is 68.6 Å². The first-order valence-corrected chi connectivity index (χ1v) is 28.4. The Morgan fingerprint density at radius 3 is 1.44 bits per heavy atom. The first kappa shape index (κ1) is 49.9. The molecule has 1 aliphatic carbocycles. The Hall–Kier alpha value is -7.63. The Labute approximate surface area is 463 Å². The zero-order chi connectivity index (χ0) is 54.3. The van der Waals surface area contributed by atoms with Crippen LogP contribution in [0.3, 0.4) is 0 Å². The molecule has 78 heavy (non-hydrogen) atoms. The molecule has 0 amide bonds. The first-order valence-electron chi connectivity index (χ1n) is 28.4. The maximum atomic E-state index is 15.8. The van der Waals surface area contributed by atoms with Crippen LogP contribution in [0.25, 0.3) is 33.4 Å². The minimum absolute atomic E-state index is 0.0819. The topological polar surface area (TPSA) is 9.72 Å². The lowest BCUT2D eigenvalue weighted by molar-refractivity contribution is 0.330. The van der Waals surface area contributed by atoms with E-state index >= 15 is 4.39 Å². The molecule has 0 aromatic heterocycles. The van der Waals surface area contributed by atoms with Gasteiger partial charge >= 0.3 is 0 Å². The van der Waals surface area contributed by atoms with Gasteiger partial charge in [-0.3, -0.25) is 0 Å². The number of nitrogens with zero attached hydrogens (tertiary/aromatic N) is 3. The minimum atomic E-state index is -0.326. The van der Waals surface area contributed by atoms with Gasteiger partial charge in [-0.15, -0.1) is 0 Å². The number of anilines is 8. The second-order valence-corrected chi connectivity index (χ2v) is 26.3. The van der Waals surface area contributed by atoms with Crippen molar-refractivity contribution in [2.24, 2.45) is 0 Å². The van der Waals surface area contributed by atoms with Crippen LogP contribution in [0.2, 0.25) is 0 Å². The number of rotatable bonds is 6. The zero-order valence-electron chi connectivity index (χ0n) is 47.4. The Kier molecular flexibility index (Phi) is 11.3. The van der Waals surface area contributed by atoms with Crippen molar-refractivity contribution in [3.63, 3.8) is 0 Å². The standard InChI is InChI=1S/C73H71BFN3/c1-69(2,3)51-29-34-61(56(41-51)48-24-17-13-18-25-48)76-64-36-31-53(71(7,8)9)43-60(64)74-59-33-28-50(47-22-15-12-16-23-47)40-65(59)77(62-35-30-52(70(4,5)6)42-57(62)49-26-19-14-20-27-49)67-46-55(45-66(76)68(67)74)78-63-37-32-54(75)44-58(63)72(10)38-21-39-73(72,78)11/h12-20,22-37,40-46H,21,38-39H2,1-11H3. The molecule has 13 rings (SSSR count). The largest absolute Gasteiger partial charge is 0.334 e. The molecule has 9 aromatic rings. The van der Waals surface area contributed by atoms with Crippen LogP contribution in [-0.2, 0) is 21.7 Å². The van der Waals surface area contributed by atoms with Crippen molar-refractivity contribution in [1.82, 2.24) is 0 Å². The Morgan fingerprint density at radius 1 is 0.410 bits per heavy atom. The summed E-state index contributed by atoms with van der Waals surface area (Å²) in [6, 6.07) is 72.5. The van der Waals surface area contributed by atoms with E-state index in [1.807, 2.05) is 6.07 Å². The highest BCUT2D eigenvalue weighted by Crippen LogP contribution is 2.63. The molecular weight excluding hydrogens is 949 g/mol. The minimum Gasteiger partial charge on any atom is -0.334 e. The molecule has 5 heteroatoms. The Morgan fingerprint density at radius 2 is 0.897 bits per heavy atom. The molecule has 3 heterocycles. The molecule has 0 bridgehead atoms. The molecule has 3 nitrogen and oxygen atoms in total. The third-order valence-corrected chi connectivity index (χ3v) is 18.5. The van der Waals surface area contributed by atoms with Crippen LogP contribution in [0.5, 0.6) is 0 Å². The number of halogens is 1. The van der Waals surface area contributed by atoms with Gasteiger partial charge in [-0.2, -0.15) is 0 Å². The maximum absolute atomic E-state index is 15.8. The van der Waals surface area contributed by atoms with Gasteiger partial charge in [0.25, 0.3) is 6.71 Å². The second-order valence-electron chi connectivity index (χ2n) is 26.3. The fourth-order valence-electron chi connectivity index (χ4n) is 14.0. The van der Waals surface area contributed by atoms with Crippen molar-refractivity contribution in [3.05, 3.63) is 222 Å². The van der Waals surface area contributed by atoms with Gasteiger partial charge in [0.1, 0.15) is 5.82 Å². The summed E-state index contributed by atoms with van der Waals surface area (Å²) in [6.45, 7) is 25.6. The third-order valence-electron chi connectivity index (χ3n) is 18.5. The lowest BCUT2D eigenvalue weighted by Crippen LogP contribution is -2.61. The number of hydrogen-bond donors (Lipinski definition) is 0. The number of fused-ring (bicyclic) bond motifs is 7. The molecule has 3 aliphatic heterocycles. The van der Waals surface area contributed by atoms with Gasteiger partial charge in [0.05, 0.1) is 16.9 Å². The van der Waals surface area contributed by atoms with E-state index in [0.29, 0.717) is 0 Å². The molecule has 0 saturated heterocycles. The van der Waals surface area contributed by atoms with E-state index in [9.17, 15) is 0 Å². The van der Waals surface area contributed by atoms with Crippen LogP contribution in [0.4, 0.5) is 49.9 Å². The quantitative estimate of drug-likeness (QED) is 0.154. The molecule has 1 fully saturated rings. The maximum Gasteiger partial charge on any atom is 0.252 e. The average Bonchev–Trinajstić information content (AvgIpc) is 3.07. The third kappa shape index (κ3) is 7.73. The van der Waals surface area contributed by atoms with Gasteiger partial charge in [0.15, 0.2) is 0 Å². The molecule has 1 saturated carbocycles. The lowest BCUT2D eigenvalue weighted by atomic mass is 9.33. The average molecular weight is 1020 g/mol. The van der Waals surface area contributed by atoms with Crippen LogP contribution in [0.1, 0.15) is 118 Å². The summed E-state index contributed by atoms with van der Waals surface area (Å²) >= 11 is 0. The summed E-state index contributed by atoms with van der Waals surface area (Å²) in [6.07, 6.45) is 3.05. The van der Waals surface area contributed by atoms with Crippen LogP contribution in [0, 0.1) is 5.82 Å². The summed E-state index contributed by atoms with van der Waals surface area (Å²) in [4.78, 5) is 7.88. The van der Waals surface area contributed by atoms with E-state index in [0.717, 1.165) is 59.0 Å². The Bertz CT molecular complexity index is 3840. The fourth-order valence-corrected chi connectivity index (χ4v) is 14.0. The zero-order valence-corrected chi connectivity index (χ0v) is 47.4. The van der Waals surface area contributed by atoms with Gasteiger partial charge < -0.3 is 14.7 Å². The fraction of sp³-hybridized carbons (Fsp3) is 0.260. The van der Waals surface area contributed by atoms with Crippen LogP contribution in [-0.4, -0.2) is 12.3 Å².